The zero-order valence-corrected chi connectivity index (χ0v) is 17.8. The highest BCUT2D eigenvalue weighted by Gasteiger charge is 2.13. The zero-order chi connectivity index (χ0) is 21.7. The van der Waals surface area contributed by atoms with Crippen molar-refractivity contribution in [3.05, 3.63) is 68.7 Å². The summed E-state index contributed by atoms with van der Waals surface area (Å²) in [5.41, 5.74) is 0.741. The third-order valence-corrected chi connectivity index (χ3v) is 4.57. The second-order valence-corrected chi connectivity index (χ2v) is 6.99. The molecule has 3 aromatic rings. The number of hydrogen-bond donors (Lipinski definition) is 1. The molecule has 2 heterocycles. The molecule has 9 nitrogen and oxygen atoms in total. The van der Waals surface area contributed by atoms with Crippen molar-refractivity contribution >= 4 is 33.5 Å². The molecule has 0 saturated carbocycles. The summed E-state index contributed by atoms with van der Waals surface area (Å²) >= 11 is 3.29. The van der Waals surface area contributed by atoms with Gasteiger partial charge in [-0.15, -0.1) is 0 Å². The van der Waals surface area contributed by atoms with Gasteiger partial charge >= 0.3 is 5.97 Å². The molecule has 0 unspecified atom stereocenters. The summed E-state index contributed by atoms with van der Waals surface area (Å²) in [7, 11) is 2.95. The minimum absolute atomic E-state index is 0.188. The van der Waals surface area contributed by atoms with E-state index in [0.717, 1.165) is 4.47 Å². The van der Waals surface area contributed by atoms with Gasteiger partial charge in [0.25, 0.3) is 11.5 Å². The van der Waals surface area contributed by atoms with E-state index in [1.807, 2.05) is 0 Å². The number of halogens is 1. The number of carbonyl (C=O) groups excluding carboxylic acids is 2. The molecule has 0 fully saturated rings. The minimum atomic E-state index is -0.665. The molecular formula is C20H18BrN3O6. The first-order valence-electron chi connectivity index (χ1n) is 8.75. The molecule has 0 aliphatic heterocycles. The standard InChI is InChI=1S/C20H18BrN3O6/c1-28-15-5-3-12(7-16(15)29-2)20(27)22-9-19(26)30-11-14-8-18(25)24-10-13(21)4-6-17(24)23-14/h3-8,10H,9,11H2,1-2H3,(H,22,27). The molecule has 156 valence electrons. The molecule has 30 heavy (non-hydrogen) atoms. The molecule has 2 aromatic heterocycles. The number of ether oxygens (including phenoxy) is 3. The summed E-state index contributed by atoms with van der Waals surface area (Å²) in [4.78, 5) is 40.6. The normalized spacial score (nSPS) is 10.5. The Labute approximate surface area is 179 Å². The lowest BCUT2D eigenvalue weighted by Gasteiger charge is -2.10. The van der Waals surface area contributed by atoms with E-state index < -0.39 is 11.9 Å². The van der Waals surface area contributed by atoms with Crippen molar-refractivity contribution in [2.45, 2.75) is 6.61 Å². The molecule has 0 aliphatic rings. The van der Waals surface area contributed by atoms with Crippen molar-refractivity contribution < 1.29 is 23.8 Å². The van der Waals surface area contributed by atoms with Crippen LogP contribution >= 0.6 is 15.9 Å². The second-order valence-electron chi connectivity index (χ2n) is 6.07. The van der Waals surface area contributed by atoms with Crippen LogP contribution in [0, 0.1) is 0 Å². The molecule has 10 heteroatoms. The highest BCUT2D eigenvalue weighted by atomic mass is 79.9. The summed E-state index contributed by atoms with van der Waals surface area (Å²) < 4.78 is 17.5. The maximum Gasteiger partial charge on any atom is 0.325 e. The van der Waals surface area contributed by atoms with Crippen LogP contribution in [-0.4, -0.2) is 42.0 Å². The smallest absolute Gasteiger partial charge is 0.325 e. The van der Waals surface area contributed by atoms with E-state index in [1.165, 1.54) is 30.8 Å². The summed E-state index contributed by atoms with van der Waals surface area (Å²) in [5, 5.41) is 2.47. The summed E-state index contributed by atoms with van der Waals surface area (Å²) in [5.74, 6) is -0.254. The minimum Gasteiger partial charge on any atom is -0.493 e. The molecule has 1 N–H and O–H groups in total. The average Bonchev–Trinajstić information content (AvgIpc) is 2.76. The van der Waals surface area contributed by atoms with Crippen molar-refractivity contribution in [1.29, 1.82) is 0 Å². The van der Waals surface area contributed by atoms with Gasteiger partial charge in [-0.2, -0.15) is 0 Å². The first kappa shape index (κ1) is 21.3. The van der Waals surface area contributed by atoms with E-state index in [4.69, 9.17) is 14.2 Å². The van der Waals surface area contributed by atoms with Gasteiger partial charge < -0.3 is 19.5 Å². The monoisotopic (exact) mass is 475 g/mol. The topological polar surface area (TPSA) is 108 Å². The van der Waals surface area contributed by atoms with Crippen LogP contribution in [0.15, 0.2) is 51.9 Å². The Morgan fingerprint density at radius 3 is 2.60 bits per heavy atom. The SMILES string of the molecule is COc1ccc(C(=O)NCC(=O)OCc2cc(=O)n3cc(Br)ccc3n2)cc1OC. The Hall–Kier alpha value is -3.40. The molecule has 1 aromatic carbocycles. The first-order chi connectivity index (χ1) is 14.4. The van der Waals surface area contributed by atoms with E-state index in [9.17, 15) is 14.4 Å². The Morgan fingerprint density at radius 2 is 1.87 bits per heavy atom. The maximum absolute atomic E-state index is 12.2. The van der Waals surface area contributed by atoms with Crippen LogP contribution in [0.5, 0.6) is 11.5 Å². The maximum atomic E-state index is 12.2. The highest BCUT2D eigenvalue weighted by Crippen LogP contribution is 2.27. The van der Waals surface area contributed by atoms with Crippen LogP contribution in [0.4, 0.5) is 0 Å². The number of rotatable bonds is 7. The molecule has 0 radical (unpaired) electrons. The summed E-state index contributed by atoms with van der Waals surface area (Å²) in [6.45, 7) is -0.528. The third-order valence-electron chi connectivity index (χ3n) is 4.10. The lowest BCUT2D eigenvalue weighted by atomic mass is 10.2. The third kappa shape index (κ3) is 4.95. The number of benzene rings is 1. The number of esters is 1. The first-order valence-corrected chi connectivity index (χ1v) is 9.54. The Morgan fingerprint density at radius 1 is 1.10 bits per heavy atom. The number of aromatic nitrogens is 2. The van der Waals surface area contributed by atoms with Crippen molar-refractivity contribution in [3.8, 4) is 11.5 Å². The molecule has 0 spiro atoms. The van der Waals surface area contributed by atoms with Crippen LogP contribution in [-0.2, 0) is 16.1 Å². The van der Waals surface area contributed by atoms with Gasteiger partial charge in [-0.1, -0.05) is 0 Å². The number of hydrogen-bond acceptors (Lipinski definition) is 7. The molecule has 0 saturated heterocycles. The van der Waals surface area contributed by atoms with Gasteiger partial charge in [0.05, 0.1) is 19.9 Å². The van der Waals surface area contributed by atoms with Crippen LogP contribution in [0.25, 0.3) is 5.65 Å². The van der Waals surface area contributed by atoms with Gasteiger partial charge in [0, 0.05) is 22.3 Å². The number of nitrogens with zero attached hydrogens (tertiary/aromatic N) is 2. The predicted molar refractivity (Wildman–Crippen MR) is 111 cm³/mol. The molecule has 1 amide bonds. The average molecular weight is 476 g/mol. The lowest BCUT2D eigenvalue weighted by Crippen LogP contribution is -2.30. The second kappa shape index (κ2) is 9.40. The Balaban J connectivity index is 1.57. The highest BCUT2D eigenvalue weighted by molar-refractivity contribution is 9.10. The predicted octanol–water partition coefficient (Wildman–Crippen LogP) is 1.95. The number of fused-ring (bicyclic) bond motifs is 1. The molecular weight excluding hydrogens is 458 g/mol. The number of amides is 1. The number of nitrogens with one attached hydrogen (secondary N) is 1. The van der Waals surface area contributed by atoms with Gasteiger partial charge in [0.2, 0.25) is 0 Å². The molecule has 0 bridgehead atoms. The fourth-order valence-electron chi connectivity index (χ4n) is 2.64. The Kier molecular flexibility index (Phi) is 6.68. The van der Waals surface area contributed by atoms with Crippen LogP contribution in [0.2, 0.25) is 0 Å². The van der Waals surface area contributed by atoms with E-state index in [0.29, 0.717) is 28.4 Å². The quantitative estimate of drug-likeness (QED) is 0.520. The Bertz CT molecular complexity index is 1160. The van der Waals surface area contributed by atoms with E-state index in [-0.39, 0.29) is 18.7 Å². The number of pyridine rings is 1. The van der Waals surface area contributed by atoms with E-state index in [2.05, 4.69) is 26.2 Å². The van der Waals surface area contributed by atoms with Crippen molar-refractivity contribution in [2.24, 2.45) is 0 Å². The largest absolute Gasteiger partial charge is 0.493 e. The van der Waals surface area contributed by atoms with Crippen molar-refractivity contribution in [2.75, 3.05) is 20.8 Å². The van der Waals surface area contributed by atoms with Gasteiger partial charge in [-0.05, 0) is 46.3 Å². The van der Waals surface area contributed by atoms with Crippen molar-refractivity contribution in [1.82, 2.24) is 14.7 Å². The van der Waals surface area contributed by atoms with Gasteiger partial charge in [0.1, 0.15) is 18.8 Å². The molecule has 3 rings (SSSR count). The summed E-state index contributed by atoms with van der Waals surface area (Å²) in [6.07, 6.45) is 1.60. The number of methoxy groups -OCH3 is 2. The van der Waals surface area contributed by atoms with E-state index in [1.54, 1.807) is 30.5 Å². The van der Waals surface area contributed by atoms with Gasteiger partial charge in [-0.25, -0.2) is 4.98 Å². The molecule has 0 aliphatic carbocycles. The number of carbonyl (C=O) groups is 2. The van der Waals surface area contributed by atoms with Gasteiger partial charge in [-0.3, -0.25) is 18.8 Å². The van der Waals surface area contributed by atoms with Crippen LogP contribution < -0.4 is 20.3 Å². The van der Waals surface area contributed by atoms with Crippen LogP contribution in [0.3, 0.4) is 0 Å². The zero-order valence-electron chi connectivity index (χ0n) is 16.2. The summed E-state index contributed by atoms with van der Waals surface area (Å²) in [6, 6.07) is 9.35. The fraction of sp³-hybridized carbons (Fsp3) is 0.200. The van der Waals surface area contributed by atoms with Crippen molar-refractivity contribution in [3.63, 3.8) is 0 Å². The van der Waals surface area contributed by atoms with Gasteiger partial charge in [0.15, 0.2) is 11.5 Å². The lowest BCUT2D eigenvalue weighted by molar-refractivity contribution is -0.143. The fourth-order valence-corrected chi connectivity index (χ4v) is 2.97. The van der Waals surface area contributed by atoms with Crippen LogP contribution in [0.1, 0.15) is 16.1 Å². The molecule has 0 atom stereocenters. The van der Waals surface area contributed by atoms with E-state index >= 15 is 0 Å².